The van der Waals surface area contributed by atoms with Crippen LogP contribution in [-0.2, 0) is 48.6 Å². The maximum absolute atomic E-state index is 6.03. The van der Waals surface area contributed by atoms with E-state index in [0.29, 0.717) is 12.0 Å². The maximum Gasteiger partial charge on any atom is 3.00 e. The summed E-state index contributed by atoms with van der Waals surface area (Å²) in [6.45, 7) is 9.65. The molecule has 0 N–H and O–H groups in total. The molecule has 134 valence electrons. The van der Waals surface area contributed by atoms with Crippen LogP contribution in [0.1, 0.15) is 62.6 Å². The Morgan fingerprint density at radius 3 is 2.44 bits per heavy atom. The Kier molecular flexibility index (Phi) is 8.59. The summed E-state index contributed by atoms with van der Waals surface area (Å²) >= 11 is 0. The maximum atomic E-state index is 6.03. The number of aryl methyl sites for hydroxylation is 1. The Balaban J connectivity index is 0.00000225. The zero-order valence-corrected chi connectivity index (χ0v) is 19.2. The van der Waals surface area contributed by atoms with Crippen LogP contribution >= 0.6 is 0 Å². The largest absolute Gasteiger partial charge is 3.00 e. The van der Waals surface area contributed by atoms with Crippen LogP contribution < -0.4 is 0 Å². The molecule has 0 aromatic heterocycles. The van der Waals surface area contributed by atoms with Crippen LogP contribution in [0.3, 0.4) is 0 Å². The van der Waals surface area contributed by atoms with E-state index in [1.165, 1.54) is 48.8 Å². The second-order valence-corrected chi connectivity index (χ2v) is 8.16. The molecule has 1 aliphatic heterocycles. The van der Waals surface area contributed by atoms with Crippen molar-refractivity contribution in [3.8, 4) is 0 Å². The van der Waals surface area contributed by atoms with Gasteiger partial charge in [-0.15, -0.1) is 0 Å². The van der Waals surface area contributed by atoms with Gasteiger partial charge in [0.05, 0.1) is 12.7 Å². The SMILES string of the molecule is Cc1[c-]ccc(CC2CCC(CC3OCC(C)C(C)O3)CC2)c1C.[Y+3]. The third kappa shape index (κ3) is 5.86. The first-order chi connectivity index (χ1) is 11.5. The van der Waals surface area contributed by atoms with Crippen LogP contribution in [0.5, 0.6) is 0 Å². The molecule has 1 aromatic carbocycles. The van der Waals surface area contributed by atoms with Gasteiger partial charge in [0.15, 0.2) is 6.29 Å². The van der Waals surface area contributed by atoms with E-state index in [0.717, 1.165) is 24.9 Å². The monoisotopic (exact) mass is 418 g/mol. The summed E-state index contributed by atoms with van der Waals surface area (Å²) in [5, 5.41) is 0. The van der Waals surface area contributed by atoms with Gasteiger partial charge in [-0.3, -0.25) is 0 Å². The number of hydrogen-bond donors (Lipinski definition) is 0. The Morgan fingerprint density at radius 1 is 1.08 bits per heavy atom. The minimum absolute atomic E-state index is 0. The molecule has 3 rings (SSSR count). The average Bonchev–Trinajstić information content (AvgIpc) is 2.57. The summed E-state index contributed by atoms with van der Waals surface area (Å²) in [5.41, 5.74) is 4.26. The van der Waals surface area contributed by atoms with Crippen molar-refractivity contribution in [2.45, 2.75) is 78.6 Å². The Morgan fingerprint density at radius 2 is 1.76 bits per heavy atom. The predicted molar refractivity (Wildman–Crippen MR) is 98.0 cm³/mol. The van der Waals surface area contributed by atoms with Gasteiger partial charge < -0.3 is 9.47 Å². The molecule has 2 nitrogen and oxygen atoms in total. The summed E-state index contributed by atoms with van der Waals surface area (Å²) in [5.74, 6) is 2.14. The fraction of sp³-hybridized carbons (Fsp3) is 0.727. The van der Waals surface area contributed by atoms with Crippen molar-refractivity contribution in [1.29, 1.82) is 0 Å². The molecule has 3 atom stereocenters. The molecule has 1 aliphatic carbocycles. The van der Waals surface area contributed by atoms with Gasteiger partial charge in [0.25, 0.3) is 0 Å². The van der Waals surface area contributed by atoms with Crippen molar-refractivity contribution < 1.29 is 42.2 Å². The first-order valence-electron chi connectivity index (χ1n) is 9.76. The van der Waals surface area contributed by atoms with E-state index < -0.39 is 0 Å². The van der Waals surface area contributed by atoms with E-state index in [9.17, 15) is 0 Å². The van der Waals surface area contributed by atoms with Crippen molar-refractivity contribution in [1.82, 2.24) is 0 Å². The van der Waals surface area contributed by atoms with E-state index in [4.69, 9.17) is 9.47 Å². The number of ether oxygens (including phenoxy) is 2. The summed E-state index contributed by atoms with van der Waals surface area (Å²) in [4.78, 5) is 0. The molecular formula is C22H33O2Y+2. The second kappa shape index (κ2) is 9.97. The van der Waals surface area contributed by atoms with Crippen molar-refractivity contribution in [2.75, 3.05) is 6.61 Å². The van der Waals surface area contributed by atoms with E-state index in [2.05, 4.69) is 45.9 Å². The third-order valence-electron chi connectivity index (χ3n) is 6.34. The standard InChI is InChI=1S/C22H33O2.Y/c1-15-6-5-7-21(17(15)3)12-19-8-10-20(11-9-19)13-22-23-14-16(2)18(4)24-22;/h5,7,16,18-20,22H,8-14H2,1-4H3;/q-1;+3. The minimum Gasteiger partial charge on any atom is -0.352 e. The van der Waals surface area contributed by atoms with Gasteiger partial charge in [-0.25, -0.2) is 0 Å². The quantitative estimate of drug-likeness (QED) is 0.623. The molecule has 1 saturated heterocycles. The van der Waals surface area contributed by atoms with Crippen LogP contribution in [0.2, 0.25) is 0 Å². The molecule has 3 heteroatoms. The van der Waals surface area contributed by atoms with Gasteiger partial charge in [0.2, 0.25) is 0 Å². The zero-order valence-electron chi connectivity index (χ0n) is 16.4. The summed E-state index contributed by atoms with van der Waals surface area (Å²) in [6.07, 6.45) is 8.04. The van der Waals surface area contributed by atoms with Gasteiger partial charge in [-0.2, -0.15) is 34.9 Å². The summed E-state index contributed by atoms with van der Waals surface area (Å²) < 4.78 is 11.9. The summed E-state index contributed by atoms with van der Waals surface area (Å²) in [6, 6.07) is 7.66. The molecule has 1 heterocycles. The van der Waals surface area contributed by atoms with Gasteiger partial charge >= 0.3 is 32.7 Å². The third-order valence-corrected chi connectivity index (χ3v) is 6.34. The molecule has 0 radical (unpaired) electrons. The normalized spacial score (nSPS) is 32.9. The molecule has 0 amide bonds. The van der Waals surface area contributed by atoms with E-state index in [1.807, 2.05) is 0 Å². The van der Waals surface area contributed by atoms with Crippen molar-refractivity contribution in [2.24, 2.45) is 17.8 Å². The first-order valence-corrected chi connectivity index (χ1v) is 9.76. The fourth-order valence-electron chi connectivity index (χ4n) is 4.15. The molecule has 0 spiro atoms. The predicted octanol–water partition coefficient (Wildman–Crippen LogP) is 5.24. The van der Waals surface area contributed by atoms with Gasteiger partial charge in [0, 0.05) is 12.3 Å². The smallest absolute Gasteiger partial charge is 0.352 e. The summed E-state index contributed by atoms with van der Waals surface area (Å²) in [7, 11) is 0. The van der Waals surface area contributed by atoms with Crippen molar-refractivity contribution in [3.05, 3.63) is 34.9 Å². The van der Waals surface area contributed by atoms with Gasteiger partial charge in [0.1, 0.15) is 0 Å². The fourth-order valence-corrected chi connectivity index (χ4v) is 4.15. The molecule has 2 fully saturated rings. The van der Waals surface area contributed by atoms with Crippen molar-refractivity contribution >= 4 is 0 Å². The van der Waals surface area contributed by atoms with E-state index in [-0.39, 0.29) is 39.0 Å². The molecule has 3 unspecified atom stereocenters. The van der Waals surface area contributed by atoms with Crippen LogP contribution in [0.25, 0.3) is 0 Å². The Hall–Kier alpha value is 0.244. The van der Waals surface area contributed by atoms with Crippen LogP contribution in [0.4, 0.5) is 0 Å². The minimum atomic E-state index is 0. The van der Waals surface area contributed by atoms with Gasteiger partial charge in [-0.1, -0.05) is 20.8 Å². The molecule has 1 aromatic rings. The van der Waals surface area contributed by atoms with E-state index >= 15 is 0 Å². The first kappa shape index (κ1) is 21.5. The molecule has 1 saturated carbocycles. The van der Waals surface area contributed by atoms with E-state index in [1.54, 1.807) is 0 Å². The van der Waals surface area contributed by atoms with Crippen molar-refractivity contribution in [3.63, 3.8) is 0 Å². The van der Waals surface area contributed by atoms with Crippen LogP contribution in [0, 0.1) is 37.7 Å². The molecule has 25 heavy (non-hydrogen) atoms. The average molecular weight is 418 g/mol. The van der Waals surface area contributed by atoms with Gasteiger partial charge in [-0.05, 0) is 50.9 Å². The second-order valence-electron chi connectivity index (χ2n) is 8.16. The topological polar surface area (TPSA) is 18.5 Å². The number of rotatable bonds is 4. The molecule has 2 aliphatic rings. The van der Waals surface area contributed by atoms with Crippen LogP contribution in [-0.4, -0.2) is 19.0 Å². The number of benzene rings is 1. The number of hydrogen-bond acceptors (Lipinski definition) is 2. The Bertz CT molecular complexity index is 537. The Labute approximate surface area is 179 Å². The molecule has 0 bridgehead atoms. The zero-order chi connectivity index (χ0) is 17.1. The molecular weight excluding hydrogens is 385 g/mol. The van der Waals surface area contributed by atoms with Crippen LogP contribution in [0.15, 0.2) is 12.1 Å².